The number of aliphatic imine (C=N–C) groups is 1. The van der Waals surface area contributed by atoms with E-state index in [-0.39, 0.29) is 4.21 Å². The molecule has 0 fully saturated rings. The number of urea groups is 1. The Labute approximate surface area is 177 Å². The number of amides is 2. The zero-order chi connectivity index (χ0) is 21.0. The summed E-state index contributed by atoms with van der Waals surface area (Å²) in [5.74, 6) is 0.368. The van der Waals surface area contributed by atoms with E-state index >= 15 is 0 Å². The van der Waals surface area contributed by atoms with Gasteiger partial charge in [-0.2, -0.15) is 0 Å². The maximum Gasteiger partial charge on any atom is 0.333 e. The molecule has 4 N–H and O–H groups in total. The number of benzene rings is 2. The summed E-state index contributed by atoms with van der Waals surface area (Å²) in [6, 6.07) is 16.2. The second-order valence-electron chi connectivity index (χ2n) is 5.98. The molecule has 0 aliphatic heterocycles. The highest BCUT2D eigenvalue weighted by Gasteiger charge is 2.19. The van der Waals surface area contributed by atoms with Crippen LogP contribution in [0.5, 0.6) is 0 Å². The Hall–Kier alpha value is -2.88. The summed E-state index contributed by atoms with van der Waals surface area (Å²) >= 11 is 6.61. The van der Waals surface area contributed by atoms with E-state index in [1.807, 2.05) is 42.0 Å². The van der Waals surface area contributed by atoms with Gasteiger partial charge < -0.3 is 11.1 Å². The number of carbonyl (C=O) groups is 1. The number of thiophene rings is 1. The summed E-state index contributed by atoms with van der Waals surface area (Å²) in [7, 11) is -3.99. The minimum atomic E-state index is -3.99. The molecule has 0 saturated carbocycles. The second kappa shape index (κ2) is 8.64. The maximum atomic E-state index is 12.2. The highest BCUT2D eigenvalue weighted by Crippen LogP contribution is 2.26. The fraction of sp³-hybridized carbons (Fsp3) is 0.0526. The number of nitrogens with two attached hydrogens (primary N) is 1. The van der Waals surface area contributed by atoms with Crippen molar-refractivity contribution in [2.24, 2.45) is 10.7 Å². The van der Waals surface area contributed by atoms with Crippen LogP contribution in [0.3, 0.4) is 0 Å². The van der Waals surface area contributed by atoms with Gasteiger partial charge in [-0.3, -0.25) is 0 Å². The molecular formula is C19H17ClN4O3S2. The van der Waals surface area contributed by atoms with E-state index in [4.69, 9.17) is 17.3 Å². The number of rotatable bonds is 5. The molecule has 7 nitrogen and oxygen atoms in total. The van der Waals surface area contributed by atoms with Gasteiger partial charge >= 0.3 is 6.03 Å². The Kier molecular flexibility index (Phi) is 6.21. The predicted molar refractivity (Wildman–Crippen MR) is 117 cm³/mol. The summed E-state index contributed by atoms with van der Waals surface area (Å²) in [6.07, 6.45) is 0. The number of nitrogens with zero attached hydrogens (tertiary/aromatic N) is 1. The Balaban J connectivity index is 1.71. The molecule has 2 amide bonds. The number of hydrogen-bond donors (Lipinski definition) is 3. The van der Waals surface area contributed by atoms with Crippen LogP contribution >= 0.6 is 22.9 Å². The summed E-state index contributed by atoms with van der Waals surface area (Å²) in [5, 5.41) is 2.49. The van der Waals surface area contributed by atoms with Gasteiger partial charge in [0.1, 0.15) is 10.0 Å². The number of nitrogens with one attached hydrogen (secondary N) is 2. The molecule has 3 rings (SSSR count). The van der Waals surface area contributed by atoms with Gasteiger partial charge in [0, 0.05) is 11.3 Å². The third kappa shape index (κ3) is 5.35. The van der Waals surface area contributed by atoms with E-state index in [0.717, 1.165) is 22.5 Å². The largest absolute Gasteiger partial charge is 0.383 e. The van der Waals surface area contributed by atoms with Crippen LogP contribution in [-0.2, 0) is 10.0 Å². The van der Waals surface area contributed by atoms with Crippen molar-refractivity contribution in [2.45, 2.75) is 11.1 Å². The van der Waals surface area contributed by atoms with E-state index in [1.54, 1.807) is 18.2 Å². The Bertz CT molecular complexity index is 1180. The molecule has 10 heteroatoms. The number of anilines is 1. The van der Waals surface area contributed by atoms with Crippen LogP contribution in [0.1, 0.15) is 11.1 Å². The third-order valence-corrected chi connectivity index (χ3v) is 6.86. The van der Waals surface area contributed by atoms with Crippen molar-refractivity contribution in [3.63, 3.8) is 0 Å². The van der Waals surface area contributed by atoms with Crippen LogP contribution < -0.4 is 15.8 Å². The Morgan fingerprint density at radius 3 is 2.45 bits per heavy atom. The zero-order valence-electron chi connectivity index (χ0n) is 15.2. The molecule has 2 aromatic carbocycles. The van der Waals surface area contributed by atoms with E-state index < -0.39 is 16.1 Å². The van der Waals surface area contributed by atoms with Crippen molar-refractivity contribution in [2.75, 3.05) is 5.32 Å². The lowest BCUT2D eigenvalue weighted by Gasteiger charge is -2.09. The van der Waals surface area contributed by atoms with Gasteiger partial charge in [-0.05, 0) is 42.8 Å². The maximum absolute atomic E-state index is 12.2. The van der Waals surface area contributed by atoms with Gasteiger partial charge in [0.05, 0.1) is 10.0 Å². The fourth-order valence-corrected chi connectivity index (χ4v) is 4.82. The Morgan fingerprint density at radius 1 is 1.10 bits per heavy atom. The molecule has 0 atom stereocenters. The molecule has 0 saturated heterocycles. The minimum Gasteiger partial charge on any atom is -0.383 e. The molecule has 0 bridgehead atoms. The first-order valence-corrected chi connectivity index (χ1v) is 11.0. The average molecular weight is 449 g/mol. The van der Waals surface area contributed by atoms with Crippen LogP contribution in [0.2, 0.25) is 4.34 Å². The van der Waals surface area contributed by atoms with E-state index in [2.05, 4.69) is 10.3 Å². The minimum absolute atomic E-state index is 0.0464. The quantitative estimate of drug-likeness (QED) is 0.399. The average Bonchev–Trinajstić information content (AvgIpc) is 3.11. The molecule has 0 unspecified atom stereocenters. The molecule has 3 aromatic rings. The highest BCUT2D eigenvalue weighted by atomic mass is 35.5. The summed E-state index contributed by atoms with van der Waals surface area (Å²) < 4.78 is 26.6. The summed E-state index contributed by atoms with van der Waals surface area (Å²) in [4.78, 5) is 16.5. The van der Waals surface area contributed by atoms with Gasteiger partial charge in [-0.1, -0.05) is 41.9 Å². The summed E-state index contributed by atoms with van der Waals surface area (Å²) in [6.45, 7) is 1.81. The predicted octanol–water partition coefficient (Wildman–Crippen LogP) is 4.26. The fourth-order valence-electron chi connectivity index (χ4n) is 2.43. The van der Waals surface area contributed by atoms with Gasteiger partial charge in [0.2, 0.25) is 0 Å². The van der Waals surface area contributed by atoms with E-state index in [9.17, 15) is 13.2 Å². The van der Waals surface area contributed by atoms with Crippen molar-refractivity contribution in [3.8, 4) is 0 Å². The number of sulfonamides is 1. The van der Waals surface area contributed by atoms with Gasteiger partial charge in [-0.25, -0.2) is 22.9 Å². The number of hydrogen-bond acceptors (Lipinski definition) is 5. The molecule has 0 spiro atoms. The van der Waals surface area contributed by atoms with E-state index in [1.165, 1.54) is 12.1 Å². The molecule has 0 aliphatic carbocycles. The van der Waals surface area contributed by atoms with E-state index in [0.29, 0.717) is 21.5 Å². The normalized spacial score (nSPS) is 11.9. The van der Waals surface area contributed by atoms with Crippen LogP contribution in [0, 0.1) is 6.92 Å². The monoisotopic (exact) mass is 448 g/mol. The third-order valence-electron chi connectivity index (χ3n) is 3.81. The lowest BCUT2D eigenvalue weighted by Crippen LogP contribution is -2.33. The lowest BCUT2D eigenvalue weighted by molar-refractivity contribution is 0.256. The molecule has 29 heavy (non-hydrogen) atoms. The first-order valence-electron chi connectivity index (χ1n) is 8.34. The molecule has 0 radical (unpaired) electrons. The topological polar surface area (TPSA) is 114 Å². The van der Waals surface area contributed by atoms with Crippen molar-refractivity contribution in [3.05, 3.63) is 76.1 Å². The van der Waals surface area contributed by atoms with Crippen LogP contribution in [0.15, 0.2) is 69.9 Å². The first kappa shape index (κ1) is 20.8. The zero-order valence-corrected chi connectivity index (χ0v) is 17.6. The molecular weight excluding hydrogens is 432 g/mol. The summed E-state index contributed by atoms with van der Waals surface area (Å²) in [5.41, 5.74) is 8.64. The highest BCUT2D eigenvalue weighted by molar-refractivity contribution is 7.92. The lowest BCUT2D eigenvalue weighted by atomic mass is 10.1. The second-order valence-corrected chi connectivity index (χ2v) is 9.61. The van der Waals surface area contributed by atoms with Gasteiger partial charge in [0.15, 0.2) is 0 Å². The number of amidine groups is 1. The first-order chi connectivity index (χ1) is 13.7. The van der Waals surface area contributed by atoms with Crippen LogP contribution in [0.25, 0.3) is 0 Å². The van der Waals surface area contributed by atoms with Crippen molar-refractivity contribution < 1.29 is 13.2 Å². The van der Waals surface area contributed by atoms with Crippen molar-refractivity contribution >= 4 is 56.2 Å². The Morgan fingerprint density at radius 2 is 1.83 bits per heavy atom. The number of halogens is 1. The van der Waals surface area contributed by atoms with Gasteiger partial charge in [-0.15, -0.1) is 11.3 Å². The van der Waals surface area contributed by atoms with Gasteiger partial charge in [0.25, 0.3) is 10.0 Å². The SMILES string of the molecule is Cc1cc(NC(=O)NS(=O)(=O)c2ccc(Cl)s2)ccc1N=C(N)c1ccccc1. The van der Waals surface area contributed by atoms with Crippen LogP contribution in [-0.4, -0.2) is 20.3 Å². The molecule has 150 valence electrons. The smallest absolute Gasteiger partial charge is 0.333 e. The standard InChI is InChI=1S/C19H17ClN4O3S2/c1-12-11-14(7-8-15(12)23-18(21)13-5-3-2-4-6-13)22-19(25)24-29(26,27)17-10-9-16(20)28-17/h2-11H,1H3,(H2,21,23)(H2,22,24,25). The van der Waals surface area contributed by atoms with Crippen molar-refractivity contribution in [1.82, 2.24) is 4.72 Å². The molecule has 1 aromatic heterocycles. The van der Waals surface area contributed by atoms with Crippen LogP contribution in [0.4, 0.5) is 16.2 Å². The number of aryl methyl sites for hydroxylation is 1. The molecule has 0 aliphatic rings. The number of carbonyl (C=O) groups excluding carboxylic acids is 1. The van der Waals surface area contributed by atoms with Crippen molar-refractivity contribution in [1.29, 1.82) is 0 Å². The molecule has 1 heterocycles.